The minimum Gasteiger partial charge on any atom is -0.221 e. The quantitative estimate of drug-likeness (QED) is 0.416. The van der Waals surface area contributed by atoms with Crippen LogP contribution >= 0.6 is 0 Å². The summed E-state index contributed by atoms with van der Waals surface area (Å²) in [7, 11) is 0. The molecule has 2 aromatic heterocycles. The molecule has 0 radical (unpaired) electrons. The first kappa shape index (κ1) is 16.6. The predicted molar refractivity (Wildman–Crippen MR) is 105 cm³/mol. The molecule has 25 heavy (non-hydrogen) atoms. The number of benzene rings is 1. The molecule has 0 saturated carbocycles. The Kier molecular flexibility index (Phi) is 4.10. The molecule has 1 aliphatic heterocycles. The van der Waals surface area contributed by atoms with Gasteiger partial charge in [0.2, 0.25) is 0 Å². The summed E-state index contributed by atoms with van der Waals surface area (Å²) >= 11 is 0. The summed E-state index contributed by atoms with van der Waals surface area (Å²) in [6, 6.07) is 9.17. The summed E-state index contributed by atoms with van der Waals surface area (Å²) in [5, 5.41) is 2.87. The van der Waals surface area contributed by atoms with Crippen LogP contribution in [0.15, 0.2) is 30.5 Å². The minimum atomic E-state index is 0.223. The number of imidazole rings is 1. The number of hydrogen-bond donors (Lipinski definition) is 0. The lowest BCUT2D eigenvalue weighted by atomic mass is 9.81. The Morgan fingerprint density at radius 3 is 2.60 bits per heavy atom. The highest BCUT2D eigenvalue weighted by molar-refractivity contribution is 5.96. The van der Waals surface area contributed by atoms with Gasteiger partial charge in [-0.1, -0.05) is 51.8 Å². The maximum absolute atomic E-state index is 2.71. The molecule has 3 aromatic rings. The topological polar surface area (TPSA) is 9.03 Å². The maximum atomic E-state index is 2.71. The second kappa shape index (κ2) is 6.16. The lowest BCUT2D eigenvalue weighted by Crippen LogP contribution is -2.39. The van der Waals surface area contributed by atoms with Gasteiger partial charge in [-0.05, 0) is 36.3 Å². The first-order valence-corrected chi connectivity index (χ1v) is 10.1. The summed E-state index contributed by atoms with van der Waals surface area (Å²) < 4.78 is 5.22. The van der Waals surface area contributed by atoms with Crippen molar-refractivity contribution in [3.8, 4) is 0 Å². The zero-order chi connectivity index (χ0) is 17.6. The molecule has 0 N–H and O–H groups in total. The Hall–Kier alpha value is -1.83. The van der Waals surface area contributed by atoms with E-state index in [1.54, 1.807) is 0 Å². The Morgan fingerprint density at radius 2 is 1.88 bits per heavy atom. The SMILES string of the molecule is CCCCCc1c(C)n2c3c4c(cccc4cc[n+]13)CC2(CC)CC. The van der Waals surface area contributed by atoms with Crippen molar-refractivity contribution >= 4 is 16.4 Å². The molecule has 4 rings (SSSR count). The van der Waals surface area contributed by atoms with Crippen molar-refractivity contribution in [3.63, 3.8) is 0 Å². The van der Waals surface area contributed by atoms with Gasteiger partial charge < -0.3 is 0 Å². The van der Waals surface area contributed by atoms with Gasteiger partial charge in [0.15, 0.2) is 5.69 Å². The number of rotatable bonds is 6. The van der Waals surface area contributed by atoms with E-state index < -0.39 is 0 Å². The molecule has 0 saturated heterocycles. The fourth-order valence-corrected chi connectivity index (χ4v) is 5.10. The highest BCUT2D eigenvalue weighted by Gasteiger charge is 2.43. The van der Waals surface area contributed by atoms with Gasteiger partial charge in [0.25, 0.3) is 5.65 Å². The molecule has 0 aliphatic carbocycles. The third-order valence-electron chi connectivity index (χ3n) is 6.62. The van der Waals surface area contributed by atoms with Crippen LogP contribution in [0.25, 0.3) is 16.4 Å². The number of aromatic nitrogens is 2. The number of hydrogen-bond acceptors (Lipinski definition) is 0. The molecule has 0 fully saturated rings. The van der Waals surface area contributed by atoms with Crippen molar-refractivity contribution in [1.82, 2.24) is 4.57 Å². The van der Waals surface area contributed by atoms with E-state index in [1.807, 2.05) is 0 Å². The average Bonchev–Trinajstić information content (AvgIpc) is 2.94. The molecular formula is C23H31N2+. The molecule has 0 unspecified atom stereocenters. The Morgan fingerprint density at radius 1 is 1.08 bits per heavy atom. The molecule has 132 valence electrons. The van der Waals surface area contributed by atoms with Crippen LogP contribution in [-0.4, -0.2) is 4.57 Å². The molecule has 2 nitrogen and oxygen atoms in total. The Labute approximate surface area is 151 Å². The van der Waals surface area contributed by atoms with Crippen LogP contribution in [0.1, 0.15) is 69.8 Å². The summed E-state index contributed by atoms with van der Waals surface area (Å²) in [5.41, 5.74) is 6.20. The molecule has 0 bridgehead atoms. The van der Waals surface area contributed by atoms with E-state index in [0.717, 1.165) is 6.42 Å². The summed E-state index contributed by atoms with van der Waals surface area (Å²) in [6.45, 7) is 9.37. The fourth-order valence-electron chi connectivity index (χ4n) is 5.10. The average molecular weight is 336 g/mol. The van der Waals surface area contributed by atoms with E-state index in [2.05, 4.69) is 67.1 Å². The van der Waals surface area contributed by atoms with Gasteiger partial charge in [-0.3, -0.25) is 0 Å². The van der Waals surface area contributed by atoms with Gasteiger partial charge in [-0.25, -0.2) is 4.57 Å². The van der Waals surface area contributed by atoms with Crippen molar-refractivity contribution in [2.75, 3.05) is 0 Å². The number of aryl methyl sites for hydroxylation is 1. The minimum absolute atomic E-state index is 0.223. The molecule has 1 aromatic carbocycles. The Bertz CT molecular complexity index is 928. The predicted octanol–water partition coefficient (Wildman–Crippen LogP) is 5.49. The second-order valence-electron chi connectivity index (χ2n) is 7.82. The smallest absolute Gasteiger partial charge is 0.221 e. The third-order valence-corrected chi connectivity index (χ3v) is 6.62. The standard InChI is InChI=1S/C23H31N2/c1-5-8-9-13-20-17(4)25-22-21-18(14-15-24(20)22)11-10-12-19(21)16-23(25,6-2)7-3/h10-12,14-15H,5-9,13,16H2,1-4H3/q+1. The van der Waals surface area contributed by atoms with Crippen LogP contribution in [0.3, 0.4) is 0 Å². The largest absolute Gasteiger partial charge is 0.295 e. The van der Waals surface area contributed by atoms with E-state index in [-0.39, 0.29) is 5.54 Å². The van der Waals surface area contributed by atoms with Crippen LogP contribution in [0, 0.1) is 6.92 Å². The zero-order valence-electron chi connectivity index (χ0n) is 16.2. The normalized spacial score (nSPS) is 15.5. The van der Waals surface area contributed by atoms with Crippen LogP contribution < -0.4 is 4.40 Å². The molecule has 2 heteroatoms. The summed E-state index contributed by atoms with van der Waals surface area (Å²) in [5.74, 6) is 0. The van der Waals surface area contributed by atoms with Gasteiger partial charge in [-0.15, -0.1) is 0 Å². The van der Waals surface area contributed by atoms with Crippen LogP contribution in [0.4, 0.5) is 0 Å². The number of unbranched alkanes of at least 4 members (excludes halogenated alkanes) is 2. The summed E-state index contributed by atoms with van der Waals surface area (Å²) in [6.07, 6.45) is 10.9. The van der Waals surface area contributed by atoms with E-state index >= 15 is 0 Å². The highest BCUT2D eigenvalue weighted by Crippen LogP contribution is 2.41. The van der Waals surface area contributed by atoms with Crippen molar-refractivity contribution in [2.24, 2.45) is 0 Å². The number of pyridine rings is 1. The Balaban J connectivity index is 2.07. The molecule has 3 heterocycles. The van der Waals surface area contributed by atoms with Crippen LogP contribution in [-0.2, 0) is 18.4 Å². The molecule has 1 aliphatic rings. The van der Waals surface area contributed by atoms with Crippen molar-refractivity contribution in [1.29, 1.82) is 0 Å². The second-order valence-corrected chi connectivity index (χ2v) is 7.82. The van der Waals surface area contributed by atoms with E-state index in [4.69, 9.17) is 0 Å². The molecule has 0 spiro atoms. The third kappa shape index (κ3) is 2.26. The number of nitrogens with zero attached hydrogens (tertiary/aromatic N) is 2. The molecule has 0 amide bonds. The van der Waals surface area contributed by atoms with Crippen molar-refractivity contribution < 1.29 is 4.40 Å². The zero-order valence-corrected chi connectivity index (χ0v) is 16.2. The lowest BCUT2D eigenvalue weighted by Gasteiger charge is -2.33. The van der Waals surface area contributed by atoms with Crippen LogP contribution in [0.5, 0.6) is 0 Å². The van der Waals surface area contributed by atoms with E-state index in [9.17, 15) is 0 Å². The summed E-state index contributed by atoms with van der Waals surface area (Å²) in [4.78, 5) is 0. The van der Waals surface area contributed by atoms with Gasteiger partial charge >= 0.3 is 0 Å². The molecule has 0 atom stereocenters. The lowest BCUT2D eigenvalue weighted by molar-refractivity contribution is -0.519. The van der Waals surface area contributed by atoms with Gasteiger partial charge in [0, 0.05) is 19.8 Å². The first-order chi connectivity index (χ1) is 12.2. The van der Waals surface area contributed by atoms with Crippen molar-refractivity contribution in [2.45, 2.75) is 78.2 Å². The van der Waals surface area contributed by atoms with Gasteiger partial charge in [0.1, 0.15) is 11.2 Å². The first-order valence-electron chi connectivity index (χ1n) is 10.1. The monoisotopic (exact) mass is 335 g/mol. The highest BCUT2D eigenvalue weighted by atomic mass is 15.2. The van der Waals surface area contributed by atoms with Gasteiger partial charge in [0.05, 0.1) is 11.6 Å². The van der Waals surface area contributed by atoms with Gasteiger partial charge in [-0.2, -0.15) is 4.40 Å². The fraction of sp³-hybridized carbons (Fsp3) is 0.522. The molecular weight excluding hydrogens is 304 g/mol. The maximum Gasteiger partial charge on any atom is 0.295 e. The van der Waals surface area contributed by atoms with E-state index in [1.165, 1.54) is 71.9 Å². The van der Waals surface area contributed by atoms with Crippen molar-refractivity contribution in [3.05, 3.63) is 47.4 Å². The van der Waals surface area contributed by atoms with E-state index in [0.29, 0.717) is 0 Å². The van der Waals surface area contributed by atoms with Crippen LogP contribution in [0.2, 0.25) is 0 Å².